The molecule has 1 saturated heterocycles. The van der Waals surface area contributed by atoms with Crippen molar-refractivity contribution in [2.45, 2.75) is 43.7 Å². The van der Waals surface area contributed by atoms with Crippen molar-refractivity contribution in [1.82, 2.24) is 14.3 Å². The minimum absolute atomic E-state index is 0.00924. The van der Waals surface area contributed by atoms with Crippen LogP contribution < -0.4 is 0 Å². The first-order chi connectivity index (χ1) is 17.1. The molecule has 1 aliphatic heterocycles. The highest BCUT2D eigenvalue weighted by molar-refractivity contribution is 6.30. The normalized spacial score (nSPS) is 24.3. The fraction of sp³-hybridized carbons (Fsp3) is 0.310. The minimum Gasteiger partial charge on any atom is -0.385 e. The third-order valence-electron chi connectivity index (χ3n) is 7.85. The lowest BCUT2D eigenvalue weighted by atomic mass is 9.66. The van der Waals surface area contributed by atoms with Crippen LogP contribution in [-0.4, -0.2) is 37.9 Å². The minimum atomic E-state index is -0.913. The molecule has 35 heavy (non-hydrogen) atoms. The molecular formula is C29H28ClN3O2. The number of halogens is 1. The molecule has 0 spiro atoms. The number of piperidine rings is 1. The van der Waals surface area contributed by atoms with Gasteiger partial charge in [-0.25, -0.2) is 4.98 Å². The lowest BCUT2D eigenvalue weighted by Crippen LogP contribution is -2.59. The predicted octanol–water partition coefficient (Wildman–Crippen LogP) is 5.95. The molecule has 1 saturated carbocycles. The van der Waals surface area contributed by atoms with Gasteiger partial charge in [0, 0.05) is 35.3 Å². The van der Waals surface area contributed by atoms with Gasteiger partial charge < -0.3 is 10.0 Å². The molecule has 2 fully saturated rings. The number of imidazole rings is 1. The van der Waals surface area contributed by atoms with Crippen molar-refractivity contribution in [3.63, 3.8) is 0 Å². The average molecular weight is 486 g/mol. The highest BCUT2D eigenvalue weighted by Gasteiger charge is 2.50. The zero-order valence-electron chi connectivity index (χ0n) is 19.5. The van der Waals surface area contributed by atoms with E-state index in [1.165, 1.54) is 0 Å². The highest BCUT2D eigenvalue weighted by atomic mass is 35.5. The average Bonchev–Trinajstić information content (AvgIpc) is 3.29. The van der Waals surface area contributed by atoms with Crippen LogP contribution in [0.25, 0.3) is 16.8 Å². The van der Waals surface area contributed by atoms with Crippen molar-refractivity contribution >= 4 is 23.0 Å². The molecule has 1 N–H and O–H groups in total. The van der Waals surface area contributed by atoms with Crippen LogP contribution in [0.3, 0.4) is 0 Å². The van der Waals surface area contributed by atoms with Gasteiger partial charge >= 0.3 is 0 Å². The summed E-state index contributed by atoms with van der Waals surface area (Å²) in [6, 6.07) is 23.4. The Morgan fingerprint density at radius 1 is 1.00 bits per heavy atom. The number of rotatable bonds is 3. The Bertz CT molecular complexity index is 1390. The summed E-state index contributed by atoms with van der Waals surface area (Å²) in [5.41, 5.74) is 2.54. The third-order valence-corrected chi connectivity index (χ3v) is 8.08. The molecule has 0 radical (unpaired) electrons. The van der Waals surface area contributed by atoms with Crippen LogP contribution in [0.2, 0.25) is 5.02 Å². The van der Waals surface area contributed by atoms with E-state index in [-0.39, 0.29) is 17.9 Å². The molecule has 2 aromatic carbocycles. The lowest BCUT2D eigenvalue weighted by molar-refractivity contribution is -0.110. The van der Waals surface area contributed by atoms with Gasteiger partial charge in [0.2, 0.25) is 5.82 Å². The zero-order valence-corrected chi connectivity index (χ0v) is 20.2. The number of fused-ring (bicyclic) bond motifs is 2. The van der Waals surface area contributed by atoms with Crippen LogP contribution >= 0.6 is 11.6 Å². The van der Waals surface area contributed by atoms with Crippen LogP contribution in [-0.2, 0) is 5.60 Å². The van der Waals surface area contributed by atoms with Gasteiger partial charge in [-0.15, -0.1) is 0 Å². The summed E-state index contributed by atoms with van der Waals surface area (Å²) in [5.74, 6) is 0.339. The number of hydrogen-bond acceptors (Lipinski definition) is 3. The quantitative estimate of drug-likeness (QED) is 0.390. The number of aromatic nitrogens is 2. The number of hydrogen-bond donors (Lipinski definition) is 1. The number of aliphatic hydroxyl groups is 1. The summed E-state index contributed by atoms with van der Waals surface area (Å²) >= 11 is 6.26. The van der Waals surface area contributed by atoms with Gasteiger partial charge in [-0.3, -0.25) is 9.20 Å². The number of amides is 1. The van der Waals surface area contributed by atoms with Gasteiger partial charge in [-0.2, -0.15) is 0 Å². The maximum absolute atomic E-state index is 14.1. The van der Waals surface area contributed by atoms with E-state index in [0.717, 1.165) is 48.0 Å². The number of carbonyl (C=O) groups excluding carboxylic acids is 1. The Morgan fingerprint density at radius 3 is 2.63 bits per heavy atom. The second-order valence-electron chi connectivity index (χ2n) is 9.75. The SMILES string of the molecule is O=C(c1nc(-c2cccc(Cl)c2)c2ccccn12)N1CCC(O)(c2ccccc2)[C@@H]2CCCC[C@@H]21. The van der Waals surface area contributed by atoms with Crippen LogP contribution in [0, 0.1) is 5.92 Å². The Hall–Kier alpha value is -3.15. The second-order valence-corrected chi connectivity index (χ2v) is 10.2. The van der Waals surface area contributed by atoms with E-state index in [1.807, 2.05) is 88.3 Å². The summed E-state index contributed by atoms with van der Waals surface area (Å²) in [6.45, 7) is 0.500. The summed E-state index contributed by atoms with van der Waals surface area (Å²) in [6.07, 6.45) is 6.36. The van der Waals surface area contributed by atoms with E-state index in [2.05, 4.69) is 0 Å². The number of nitrogens with zero attached hydrogens (tertiary/aromatic N) is 3. The van der Waals surface area contributed by atoms with Crippen molar-refractivity contribution in [2.24, 2.45) is 5.92 Å². The van der Waals surface area contributed by atoms with E-state index >= 15 is 0 Å². The molecule has 2 aliphatic rings. The Labute approximate surface area is 210 Å². The fourth-order valence-corrected chi connectivity index (χ4v) is 6.38. The number of likely N-dealkylation sites (tertiary alicyclic amines) is 1. The van der Waals surface area contributed by atoms with Gasteiger partial charge in [-0.05, 0) is 49.1 Å². The van der Waals surface area contributed by atoms with E-state index in [4.69, 9.17) is 16.6 Å². The number of benzene rings is 2. The van der Waals surface area contributed by atoms with Crippen molar-refractivity contribution in [2.75, 3.05) is 6.54 Å². The molecule has 3 atom stereocenters. The van der Waals surface area contributed by atoms with E-state index < -0.39 is 5.60 Å². The lowest BCUT2D eigenvalue weighted by Gasteiger charge is -2.52. The first-order valence-corrected chi connectivity index (χ1v) is 12.8. The molecule has 3 heterocycles. The molecule has 0 bridgehead atoms. The molecule has 5 nitrogen and oxygen atoms in total. The maximum Gasteiger partial charge on any atom is 0.290 e. The summed E-state index contributed by atoms with van der Waals surface area (Å²) < 4.78 is 1.88. The van der Waals surface area contributed by atoms with Crippen molar-refractivity contribution in [1.29, 1.82) is 0 Å². The first kappa shape index (κ1) is 22.3. The van der Waals surface area contributed by atoms with Gasteiger partial charge in [0.05, 0.1) is 16.8 Å². The summed E-state index contributed by atoms with van der Waals surface area (Å²) in [5, 5.41) is 12.5. The highest BCUT2D eigenvalue weighted by Crippen LogP contribution is 2.47. The molecule has 6 heteroatoms. The Balaban J connectivity index is 1.39. The molecule has 1 amide bonds. The molecular weight excluding hydrogens is 458 g/mol. The molecule has 2 aromatic heterocycles. The molecule has 178 valence electrons. The largest absolute Gasteiger partial charge is 0.385 e. The smallest absolute Gasteiger partial charge is 0.290 e. The van der Waals surface area contributed by atoms with Crippen LogP contribution in [0.4, 0.5) is 0 Å². The van der Waals surface area contributed by atoms with E-state index in [0.29, 0.717) is 23.8 Å². The third kappa shape index (κ3) is 3.74. The van der Waals surface area contributed by atoms with Crippen LogP contribution in [0.5, 0.6) is 0 Å². The van der Waals surface area contributed by atoms with Crippen molar-refractivity contribution in [3.8, 4) is 11.3 Å². The zero-order chi connectivity index (χ0) is 24.0. The topological polar surface area (TPSA) is 57.8 Å². The van der Waals surface area contributed by atoms with Gasteiger partial charge in [0.15, 0.2) is 0 Å². The monoisotopic (exact) mass is 485 g/mol. The molecule has 6 rings (SSSR count). The predicted molar refractivity (Wildman–Crippen MR) is 137 cm³/mol. The van der Waals surface area contributed by atoms with E-state index in [1.54, 1.807) is 0 Å². The molecule has 4 aromatic rings. The van der Waals surface area contributed by atoms with Gasteiger partial charge in [0.25, 0.3) is 5.91 Å². The maximum atomic E-state index is 14.1. The van der Waals surface area contributed by atoms with E-state index in [9.17, 15) is 9.90 Å². The number of carbonyl (C=O) groups is 1. The fourth-order valence-electron chi connectivity index (χ4n) is 6.19. The molecule has 1 aliphatic carbocycles. The van der Waals surface area contributed by atoms with Gasteiger partial charge in [-0.1, -0.05) is 73.0 Å². The van der Waals surface area contributed by atoms with Crippen LogP contribution in [0.1, 0.15) is 48.3 Å². The van der Waals surface area contributed by atoms with Crippen LogP contribution in [0.15, 0.2) is 79.0 Å². The Morgan fingerprint density at radius 2 is 1.80 bits per heavy atom. The summed E-state index contributed by atoms with van der Waals surface area (Å²) in [4.78, 5) is 20.9. The number of pyridine rings is 1. The first-order valence-electron chi connectivity index (χ1n) is 12.4. The summed E-state index contributed by atoms with van der Waals surface area (Å²) in [7, 11) is 0. The standard InChI is InChI=1S/C29H28ClN3O2/c30-22-12-8-9-20(19-22)26-25-15-6-7-17-32(25)27(31-26)28(34)33-18-16-29(35,21-10-2-1-3-11-21)23-13-4-5-14-24(23)33/h1-3,6-12,15,17,19,23-24,35H,4-5,13-14,16,18H2/t23-,24+,29?/m1/s1. The Kier molecular flexibility index (Phi) is 5.62. The molecule has 1 unspecified atom stereocenters. The second kappa shape index (κ2) is 8.81. The van der Waals surface area contributed by atoms with Crippen molar-refractivity contribution in [3.05, 3.63) is 95.4 Å². The van der Waals surface area contributed by atoms with Gasteiger partial charge in [0.1, 0.15) is 0 Å². The van der Waals surface area contributed by atoms with Crippen molar-refractivity contribution < 1.29 is 9.90 Å².